The first-order valence-corrected chi connectivity index (χ1v) is 19.9. The minimum atomic E-state index is -1.11. The molecule has 306 valence electrons. The van der Waals surface area contributed by atoms with Crippen LogP contribution in [-0.4, -0.2) is 122 Å². The highest BCUT2D eigenvalue weighted by atomic mass is 16.5. The van der Waals surface area contributed by atoms with Gasteiger partial charge in [0.2, 0.25) is 29.5 Å². The van der Waals surface area contributed by atoms with Crippen LogP contribution in [0.2, 0.25) is 0 Å². The molecule has 3 heterocycles. The fourth-order valence-corrected chi connectivity index (χ4v) is 7.12. The fraction of sp³-hybridized carbons (Fsp3) is 0.595. The van der Waals surface area contributed by atoms with E-state index in [1.165, 1.54) is 4.90 Å². The molecule has 2 aromatic rings. The number of fused-ring (bicyclic) bond motifs is 17. The topological polar surface area (TPSA) is 168 Å². The molecule has 1 saturated carbocycles. The number of nitrogens with zero attached hydrogens (tertiary/aromatic N) is 2. The Hall–Kier alpha value is -4.69. The van der Waals surface area contributed by atoms with Gasteiger partial charge in [0.25, 0.3) is 0 Å². The summed E-state index contributed by atoms with van der Waals surface area (Å²) in [5.41, 5.74) is 0.552. The van der Waals surface area contributed by atoms with Crippen molar-refractivity contribution in [2.45, 2.75) is 96.4 Å². The number of amides is 5. The Balaban J connectivity index is 1.47. The Morgan fingerprint density at radius 3 is 2.25 bits per heavy atom. The Morgan fingerprint density at radius 2 is 1.62 bits per heavy atom. The summed E-state index contributed by atoms with van der Waals surface area (Å²) < 4.78 is 17.0. The van der Waals surface area contributed by atoms with E-state index in [-0.39, 0.29) is 49.8 Å². The summed E-state index contributed by atoms with van der Waals surface area (Å²) >= 11 is 0. The van der Waals surface area contributed by atoms with Crippen LogP contribution in [0.5, 0.6) is 11.5 Å². The van der Waals surface area contributed by atoms with Gasteiger partial charge in [0.05, 0.1) is 38.4 Å². The van der Waals surface area contributed by atoms with Crippen LogP contribution in [0.3, 0.4) is 0 Å². The third kappa shape index (κ3) is 12.2. The molecule has 0 radical (unpaired) electrons. The van der Waals surface area contributed by atoms with Gasteiger partial charge in [-0.15, -0.1) is 0 Å². The van der Waals surface area contributed by atoms with E-state index in [1.54, 1.807) is 50.4 Å². The highest BCUT2D eigenvalue weighted by Crippen LogP contribution is 2.30. The highest BCUT2D eigenvalue weighted by molar-refractivity contribution is 5.96. The van der Waals surface area contributed by atoms with Gasteiger partial charge in [-0.25, -0.2) is 0 Å². The number of carbonyl (C=O) groups excluding carboxylic acids is 5. The maximum Gasteiger partial charge on any atom is 0.245 e. The van der Waals surface area contributed by atoms with Crippen molar-refractivity contribution < 1.29 is 38.2 Å². The number of benzene rings is 2. The van der Waals surface area contributed by atoms with Crippen molar-refractivity contribution in [3.8, 4) is 11.5 Å². The molecule has 2 aromatic carbocycles. The lowest BCUT2D eigenvalue weighted by molar-refractivity contribution is -0.140. The van der Waals surface area contributed by atoms with Gasteiger partial charge in [-0.2, -0.15) is 0 Å². The van der Waals surface area contributed by atoms with Crippen LogP contribution in [0, 0.1) is 11.8 Å². The molecule has 4 aliphatic rings. The molecule has 56 heavy (non-hydrogen) atoms. The highest BCUT2D eigenvalue weighted by Gasteiger charge is 2.39. The zero-order chi connectivity index (χ0) is 40.4. The molecule has 4 N–H and O–H groups in total. The van der Waals surface area contributed by atoms with E-state index in [1.807, 2.05) is 30.9 Å². The summed E-state index contributed by atoms with van der Waals surface area (Å²) in [6, 6.07) is 11.0. The van der Waals surface area contributed by atoms with Crippen molar-refractivity contribution in [2.24, 2.45) is 11.8 Å². The number of nitrogens with one attached hydrogen (secondary N) is 4. The molecule has 3 aliphatic heterocycles. The quantitative estimate of drug-likeness (QED) is 0.265. The number of carbonyl (C=O) groups is 5. The molecule has 6 rings (SSSR count). The van der Waals surface area contributed by atoms with Crippen molar-refractivity contribution >= 4 is 29.5 Å². The molecule has 2 fully saturated rings. The summed E-state index contributed by atoms with van der Waals surface area (Å²) in [5, 5.41) is 11.8. The predicted molar refractivity (Wildman–Crippen MR) is 211 cm³/mol. The smallest absolute Gasteiger partial charge is 0.245 e. The van der Waals surface area contributed by atoms with Gasteiger partial charge < -0.3 is 40.4 Å². The molecular weight excluding hydrogens is 716 g/mol. The zero-order valence-electron chi connectivity index (χ0n) is 33.7. The number of morpholine rings is 1. The standard InChI is InChI=1S/C42H60N6O8/c1-27(2)21-32-26-56-34-15-11-30(12-16-34)23-36(46-41(53)42(4,5)48-17-19-55-20-18-48)39(51)45-35(22-29-9-13-33(54-6)14-10-29)38(50)43-28(3)40(52)47(24-31-7-8-31)25-37(49)44-32/h9-16,27-28,31-32,35-36H,7-8,17-26H2,1-6H3,(H,43,50)(H,44,49)(H,45,51)(H,46,53)/t28-,32+,35+,36+/m1/s1. The summed E-state index contributed by atoms with van der Waals surface area (Å²) in [7, 11) is 1.56. The van der Waals surface area contributed by atoms with E-state index < -0.39 is 41.4 Å². The van der Waals surface area contributed by atoms with Crippen molar-refractivity contribution in [3.63, 3.8) is 0 Å². The van der Waals surface area contributed by atoms with Gasteiger partial charge in [-0.1, -0.05) is 38.1 Å². The average molecular weight is 777 g/mol. The molecule has 4 atom stereocenters. The van der Waals surface area contributed by atoms with E-state index in [4.69, 9.17) is 14.2 Å². The molecule has 1 aliphatic carbocycles. The Morgan fingerprint density at radius 1 is 0.946 bits per heavy atom. The van der Waals surface area contributed by atoms with Crippen LogP contribution < -0.4 is 30.7 Å². The first-order valence-electron chi connectivity index (χ1n) is 19.9. The first-order chi connectivity index (χ1) is 26.7. The second-order valence-corrected chi connectivity index (χ2v) is 16.2. The predicted octanol–water partition coefficient (Wildman–Crippen LogP) is 2.23. The summed E-state index contributed by atoms with van der Waals surface area (Å²) in [5.74, 6) is -0.371. The van der Waals surface area contributed by atoms with Gasteiger partial charge in [0.15, 0.2) is 0 Å². The van der Waals surface area contributed by atoms with Gasteiger partial charge in [0.1, 0.15) is 36.2 Å². The third-order valence-corrected chi connectivity index (χ3v) is 10.7. The molecule has 0 aromatic heterocycles. The molecule has 0 spiro atoms. The fourth-order valence-electron chi connectivity index (χ4n) is 7.12. The lowest BCUT2D eigenvalue weighted by Crippen LogP contribution is -2.62. The molecular formula is C42H60N6O8. The number of hydrogen-bond acceptors (Lipinski definition) is 9. The number of rotatable bonds is 10. The van der Waals surface area contributed by atoms with Crippen molar-refractivity contribution in [1.29, 1.82) is 0 Å². The van der Waals surface area contributed by atoms with Crippen LogP contribution in [0.1, 0.15) is 65.0 Å². The molecule has 1 saturated heterocycles. The third-order valence-electron chi connectivity index (χ3n) is 10.7. The van der Waals surface area contributed by atoms with E-state index in [0.29, 0.717) is 56.7 Å². The van der Waals surface area contributed by atoms with Crippen LogP contribution in [-0.2, 0) is 41.6 Å². The maximum atomic E-state index is 14.4. The van der Waals surface area contributed by atoms with Crippen LogP contribution in [0.25, 0.3) is 0 Å². The first kappa shape index (κ1) is 42.5. The minimum Gasteiger partial charge on any atom is -0.497 e. The Bertz CT molecular complexity index is 1660. The van der Waals surface area contributed by atoms with E-state index in [2.05, 4.69) is 35.1 Å². The van der Waals surface area contributed by atoms with Crippen molar-refractivity contribution in [3.05, 3.63) is 59.7 Å². The number of methoxy groups -OCH3 is 1. The summed E-state index contributed by atoms with van der Waals surface area (Å²) in [4.78, 5) is 73.4. The normalized spacial score (nSPS) is 23.8. The number of ether oxygens (including phenoxy) is 3. The van der Waals surface area contributed by atoms with Crippen LogP contribution >= 0.6 is 0 Å². The monoisotopic (exact) mass is 776 g/mol. The second-order valence-electron chi connectivity index (χ2n) is 16.2. The van der Waals surface area contributed by atoms with Gasteiger partial charge in [0, 0.05) is 32.5 Å². The van der Waals surface area contributed by atoms with Crippen LogP contribution in [0.4, 0.5) is 0 Å². The van der Waals surface area contributed by atoms with E-state index >= 15 is 0 Å². The SMILES string of the molecule is COc1ccc(C[C@@H]2NC(=O)[C@@H](NC(=O)C(C)(C)N3CCOCC3)Cc3ccc(cc3)OC[C@H](CC(C)C)NC(=O)CN(CC3CC3)C(=O)[C@@H](C)NC2=O)cc1. The molecule has 2 bridgehead atoms. The largest absolute Gasteiger partial charge is 0.497 e. The van der Waals surface area contributed by atoms with Crippen molar-refractivity contribution in [1.82, 2.24) is 31.1 Å². The van der Waals surface area contributed by atoms with Crippen molar-refractivity contribution in [2.75, 3.05) is 53.1 Å². The van der Waals surface area contributed by atoms with E-state index in [0.717, 1.165) is 24.0 Å². The van der Waals surface area contributed by atoms with Crippen LogP contribution in [0.15, 0.2) is 48.5 Å². The lowest BCUT2D eigenvalue weighted by atomic mass is 9.98. The Labute approximate surface area is 330 Å². The van der Waals surface area contributed by atoms with E-state index in [9.17, 15) is 24.0 Å². The lowest BCUT2D eigenvalue weighted by Gasteiger charge is -2.40. The maximum absolute atomic E-state index is 14.4. The summed E-state index contributed by atoms with van der Waals surface area (Å²) in [6.45, 7) is 12.0. The van der Waals surface area contributed by atoms with Gasteiger partial charge >= 0.3 is 0 Å². The Kier molecular flexibility index (Phi) is 14.7. The number of hydrogen-bond donors (Lipinski definition) is 4. The average Bonchev–Trinajstić information content (AvgIpc) is 4.00. The molecule has 14 nitrogen and oxygen atoms in total. The second kappa shape index (κ2) is 19.4. The molecule has 14 heteroatoms. The van der Waals surface area contributed by atoms with Gasteiger partial charge in [-0.05, 0) is 87.3 Å². The van der Waals surface area contributed by atoms with Gasteiger partial charge in [-0.3, -0.25) is 28.9 Å². The summed E-state index contributed by atoms with van der Waals surface area (Å²) in [6.07, 6.45) is 2.82. The zero-order valence-corrected chi connectivity index (χ0v) is 33.7. The molecule has 5 amide bonds. The molecule has 0 unspecified atom stereocenters. The minimum absolute atomic E-state index is 0.0971.